The molecule has 0 saturated carbocycles. The summed E-state index contributed by atoms with van der Waals surface area (Å²) >= 11 is 1.96. The van der Waals surface area contributed by atoms with Crippen molar-refractivity contribution in [2.45, 2.75) is 37.4 Å². The maximum atomic E-state index is 13.9. The summed E-state index contributed by atoms with van der Waals surface area (Å²) in [5, 5.41) is 10.8. The number of benzene rings is 1. The first-order valence-electron chi connectivity index (χ1n) is 6.36. The molecule has 1 aromatic carbocycles. The van der Waals surface area contributed by atoms with E-state index in [-0.39, 0.29) is 5.82 Å². The molecule has 1 heterocycles. The summed E-state index contributed by atoms with van der Waals surface area (Å²) < 4.78 is 13.9. The molecule has 100 valence electrons. The number of halogens is 1. The quantitative estimate of drug-likeness (QED) is 0.892. The molecule has 0 aliphatic carbocycles. The van der Waals surface area contributed by atoms with Gasteiger partial charge in [0, 0.05) is 34.8 Å². The first kappa shape index (κ1) is 13.7. The Hall–Kier alpha value is -0.740. The van der Waals surface area contributed by atoms with Crippen LogP contribution in [-0.4, -0.2) is 28.7 Å². The lowest BCUT2D eigenvalue weighted by Gasteiger charge is -2.37. The topological polar surface area (TPSA) is 23.5 Å². The Kier molecular flexibility index (Phi) is 4.17. The number of anilines is 1. The molecule has 1 N–H and O–H groups in total. The smallest absolute Gasteiger partial charge is 0.131 e. The van der Waals surface area contributed by atoms with Gasteiger partial charge in [-0.15, -0.1) is 0 Å². The molecule has 0 amide bonds. The molecule has 18 heavy (non-hydrogen) atoms. The predicted octanol–water partition coefficient (Wildman–Crippen LogP) is 3.21. The van der Waals surface area contributed by atoms with Crippen LogP contribution in [0.15, 0.2) is 18.2 Å². The average Bonchev–Trinajstić information content (AvgIpc) is 2.26. The van der Waals surface area contributed by atoms with E-state index in [4.69, 9.17) is 0 Å². The van der Waals surface area contributed by atoms with Crippen molar-refractivity contribution in [3.8, 4) is 0 Å². The van der Waals surface area contributed by atoms with Gasteiger partial charge in [0.05, 0.1) is 6.10 Å². The van der Waals surface area contributed by atoms with E-state index in [2.05, 4.69) is 18.7 Å². The van der Waals surface area contributed by atoms with Gasteiger partial charge in [0.25, 0.3) is 0 Å². The van der Waals surface area contributed by atoms with Crippen molar-refractivity contribution in [3.63, 3.8) is 0 Å². The van der Waals surface area contributed by atoms with Crippen molar-refractivity contribution in [3.05, 3.63) is 29.6 Å². The van der Waals surface area contributed by atoms with Gasteiger partial charge >= 0.3 is 0 Å². The molecule has 0 bridgehead atoms. The van der Waals surface area contributed by atoms with E-state index < -0.39 is 6.10 Å². The third-order valence-corrected chi connectivity index (χ3v) is 4.44. The van der Waals surface area contributed by atoms with Crippen LogP contribution < -0.4 is 4.90 Å². The lowest BCUT2D eigenvalue weighted by atomic mass is 10.1. The van der Waals surface area contributed by atoms with E-state index in [9.17, 15) is 9.50 Å². The van der Waals surface area contributed by atoms with Gasteiger partial charge < -0.3 is 10.0 Å². The Bertz CT molecular complexity index is 414. The van der Waals surface area contributed by atoms with Crippen LogP contribution in [0.5, 0.6) is 0 Å². The molecule has 0 radical (unpaired) electrons. The maximum Gasteiger partial charge on any atom is 0.131 e. The Morgan fingerprint density at radius 3 is 2.50 bits per heavy atom. The molecule has 2 rings (SSSR count). The van der Waals surface area contributed by atoms with Crippen LogP contribution in [0, 0.1) is 5.82 Å². The lowest BCUT2D eigenvalue weighted by molar-refractivity contribution is 0.194. The summed E-state index contributed by atoms with van der Waals surface area (Å²) in [5.74, 6) is -0.318. The normalized spacial score (nSPS) is 26.2. The number of hydrogen-bond acceptors (Lipinski definition) is 3. The lowest BCUT2D eigenvalue weighted by Crippen LogP contribution is -2.41. The highest BCUT2D eigenvalue weighted by atomic mass is 32.2. The second-order valence-corrected chi connectivity index (χ2v) is 6.89. The van der Waals surface area contributed by atoms with Crippen molar-refractivity contribution < 1.29 is 9.50 Å². The van der Waals surface area contributed by atoms with Crippen molar-refractivity contribution in [1.29, 1.82) is 0 Å². The second-order valence-electron chi connectivity index (χ2n) is 5.01. The SMILES string of the molecule is CC1CN(c2cccc(F)c2[C@@H](C)O)CC(C)S1. The van der Waals surface area contributed by atoms with Crippen LogP contribution in [0.2, 0.25) is 0 Å². The van der Waals surface area contributed by atoms with Gasteiger partial charge in [-0.1, -0.05) is 19.9 Å². The monoisotopic (exact) mass is 269 g/mol. The van der Waals surface area contributed by atoms with E-state index >= 15 is 0 Å². The average molecular weight is 269 g/mol. The third kappa shape index (κ3) is 2.81. The Balaban J connectivity index is 2.35. The Morgan fingerprint density at radius 2 is 1.94 bits per heavy atom. The van der Waals surface area contributed by atoms with Crippen LogP contribution in [-0.2, 0) is 0 Å². The molecule has 4 heteroatoms. The molecule has 1 saturated heterocycles. The summed E-state index contributed by atoms with van der Waals surface area (Å²) in [6.45, 7) is 7.80. The fourth-order valence-corrected chi connectivity index (χ4v) is 3.91. The number of nitrogens with zero attached hydrogens (tertiary/aromatic N) is 1. The largest absolute Gasteiger partial charge is 0.389 e. The Labute approximate surface area is 112 Å². The highest BCUT2D eigenvalue weighted by Gasteiger charge is 2.25. The summed E-state index contributed by atoms with van der Waals surface area (Å²) in [6, 6.07) is 5.03. The van der Waals surface area contributed by atoms with E-state index in [1.54, 1.807) is 13.0 Å². The second kappa shape index (κ2) is 5.49. The molecule has 2 nitrogen and oxygen atoms in total. The van der Waals surface area contributed by atoms with Gasteiger partial charge in [-0.3, -0.25) is 0 Å². The zero-order valence-corrected chi connectivity index (χ0v) is 11.9. The molecule has 1 aliphatic heterocycles. The van der Waals surface area contributed by atoms with E-state index in [1.165, 1.54) is 6.07 Å². The third-order valence-electron chi connectivity index (χ3n) is 3.21. The van der Waals surface area contributed by atoms with Crippen LogP contribution in [0.3, 0.4) is 0 Å². The predicted molar refractivity (Wildman–Crippen MR) is 75.8 cm³/mol. The summed E-state index contributed by atoms with van der Waals surface area (Å²) in [7, 11) is 0. The molecule has 1 aliphatic rings. The molecule has 0 aromatic heterocycles. The van der Waals surface area contributed by atoms with E-state index in [1.807, 2.05) is 17.8 Å². The summed E-state index contributed by atoms with van der Waals surface area (Å²) in [4.78, 5) is 2.19. The van der Waals surface area contributed by atoms with Crippen molar-refractivity contribution >= 4 is 17.4 Å². The van der Waals surface area contributed by atoms with Gasteiger partial charge in [-0.2, -0.15) is 11.8 Å². The number of hydrogen-bond donors (Lipinski definition) is 1. The highest BCUT2D eigenvalue weighted by Crippen LogP contribution is 2.34. The van der Waals surface area contributed by atoms with Crippen molar-refractivity contribution in [2.24, 2.45) is 0 Å². The zero-order valence-electron chi connectivity index (χ0n) is 11.1. The van der Waals surface area contributed by atoms with Crippen molar-refractivity contribution in [1.82, 2.24) is 0 Å². The zero-order chi connectivity index (χ0) is 13.3. The van der Waals surface area contributed by atoms with Gasteiger partial charge in [-0.05, 0) is 19.1 Å². The van der Waals surface area contributed by atoms with Crippen LogP contribution >= 0.6 is 11.8 Å². The van der Waals surface area contributed by atoms with Gasteiger partial charge in [0.1, 0.15) is 5.82 Å². The van der Waals surface area contributed by atoms with Gasteiger partial charge in [0.15, 0.2) is 0 Å². The van der Waals surface area contributed by atoms with Gasteiger partial charge in [0.2, 0.25) is 0 Å². The number of rotatable bonds is 2. The molecular formula is C14H20FNOS. The molecule has 1 aromatic rings. The molecule has 3 atom stereocenters. The summed E-state index contributed by atoms with van der Waals surface area (Å²) in [5.41, 5.74) is 1.26. The minimum atomic E-state index is -0.776. The van der Waals surface area contributed by atoms with Gasteiger partial charge in [-0.25, -0.2) is 4.39 Å². The van der Waals surface area contributed by atoms with Crippen LogP contribution in [0.4, 0.5) is 10.1 Å². The molecular weight excluding hydrogens is 249 g/mol. The number of aliphatic hydroxyl groups excluding tert-OH is 1. The first-order chi connectivity index (χ1) is 8.49. The Morgan fingerprint density at radius 1 is 1.33 bits per heavy atom. The molecule has 2 unspecified atom stereocenters. The molecule has 0 spiro atoms. The number of thioether (sulfide) groups is 1. The number of aliphatic hydroxyl groups is 1. The highest BCUT2D eigenvalue weighted by molar-refractivity contribution is 8.00. The van der Waals surface area contributed by atoms with E-state index in [0.29, 0.717) is 16.1 Å². The minimum Gasteiger partial charge on any atom is -0.389 e. The van der Waals surface area contributed by atoms with Crippen LogP contribution in [0.1, 0.15) is 32.4 Å². The van der Waals surface area contributed by atoms with Crippen LogP contribution in [0.25, 0.3) is 0 Å². The standard InChI is InChI=1S/C14H20FNOS/c1-9-7-16(8-10(2)18-9)13-6-4-5-12(15)14(13)11(3)17/h4-6,9-11,17H,7-8H2,1-3H3/t9?,10?,11-/m1/s1. The van der Waals surface area contributed by atoms with E-state index in [0.717, 1.165) is 18.8 Å². The van der Waals surface area contributed by atoms with Crippen molar-refractivity contribution in [2.75, 3.05) is 18.0 Å². The fourth-order valence-electron chi connectivity index (χ4n) is 2.59. The maximum absolute atomic E-state index is 13.9. The molecule has 1 fully saturated rings. The summed E-state index contributed by atoms with van der Waals surface area (Å²) in [6.07, 6.45) is -0.776. The first-order valence-corrected chi connectivity index (χ1v) is 7.30. The fraction of sp³-hybridized carbons (Fsp3) is 0.571. The minimum absolute atomic E-state index is 0.318.